The van der Waals surface area contributed by atoms with Crippen LogP contribution in [0.1, 0.15) is 56.4 Å². The van der Waals surface area contributed by atoms with Gasteiger partial charge >= 0.3 is 0 Å². The second kappa shape index (κ2) is 5.96. The van der Waals surface area contributed by atoms with Crippen LogP contribution in [0.2, 0.25) is 0 Å². The fraction of sp³-hybridized carbons (Fsp3) is 0.647. The van der Waals surface area contributed by atoms with Crippen LogP contribution in [0.3, 0.4) is 0 Å². The summed E-state index contributed by atoms with van der Waals surface area (Å²) < 4.78 is 5.74. The number of hydrogen-bond acceptors (Lipinski definition) is 2. The minimum atomic E-state index is 0.372. The molecule has 0 amide bonds. The van der Waals surface area contributed by atoms with Crippen molar-refractivity contribution in [2.75, 3.05) is 6.61 Å². The van der Waals surface area contributed by atoms with Gasteiger partial charge in [-0.1, -0.05) is 37.5 Å². The minimum absolute atomic E-state index is 0.372. The fourth-order valence-corrected chi connectivity index (χ4v) is 3.74. The summed E-state index contributed by atoms with van der Waals surface area (Å²) in [5.41, 5.74) is 7.87. The molecule has 0 spiro atoms. The number of rotatable bonds is 3. The van der Waals surface area contributed by atoms with Crippen molar-refractivity contribution in [2.24, 2.45) is 11.7 Å². The van der Waals surface area contributed by atoms with Crippen LogP contribution in [0.15, 0.2) is 24.3 Å². The molecule has 3 rings (SSSR count). The van der Waals surface area contributed by atoms with E-state index in [4.69, 9.17) is 10.5 Å². The summed E-state index contributed by atoms with van der Waals surface area (Å²) in [6, 6.07) is 8.85. The minimum Gasteiger partial charge on any atom is -0.493 e. The topological polar surface area (TPSA) is 35.2 Å². The lowest BCUT2D eigenvalue weighted by atomic mass is 9.78. The summed E-state index contributed by atoms with van der Waals surface area (Å²) in [5, 5.41) is 0. The number of para-hydroxylation sites is 1. The van der Waals surface area contributed by atoms with Crippen LogP contribution in [0, 0.1) is 5.92 Å². The molecule has 1 aliphatic heterocycles. The number of hydrogen-bond donors (Lipinski definition) is 1. The van der Waals surface area contributed by atoms with Gasteiger partial charge in [-0.2, -0.15) is 0 Å². The second-order valence-electron chi connectivity index (χ2n) is 6.17. The fourth-order valence-electron chi connectivity index (χ4n) is 3.74. The van der Waals surface area contributed by atoms with E-state index in [1.165, 1.54) is 37.7 Å². The van der Waals surface area contributed by atoms with Gasteiger partial charge in [0.25, 0.3) is 0 Å². The van der Waals surface area contributed by atoms with Crippen LogP contribution in [0.5, 0.6) is 5.75 Å². The molecule has 1 saturated carbocycles. The number of benzene rings is 1. The number of nitrogens with two attached hydrogens (primary N) is 1. The largest absolute Gasteiger partial charge is 0.493 e. The quantitative estimate of drug-likeness (QED) is 0.895. The van der Waals surface area contributed by atoms with Crippen molar-refractivity contribution in [1.82, 2.24) is 0 Å². The highest BCUT2D eigenvalue weighted by Gasteiger charge is 2.27. The Balaban J connectivity index is 1.66. The van der Waals surface area contributed by atoms with Crippen LogP contribution in [-0.4, -0.2) is 12.6 Å². The van der Waals surface area contributed by atoms with Crippen LogP contribution in [0.25, 0.3) is 0 Å². The Morgan fingerprint density at radius 2 is 1.89 bits per heavy atom. The molecule has 1 aromatic rings. The molecule has 0 radical (unpaired) electrons. The van der Waals surface area contributed by atoms with Crippen LogP contribution < -0.4 is 10.5 Å². The van der Waals surface area contributed by atoms with Gasteiger partial charge in [-0.25, -0.2) is 0 Å². The summed E-state index contributed by atoms with van der Waals surface area (Å²) in [6.07, 6.45) is 9.09. The summed E-state index contributed by atoms with van der Waals surface area (Å²) >= 11 is 0. The van der Waals surface area contributed by atoms with Crippen molar-refractivity contribution in [1.29, 1.82) is 0 Å². The molecule has 0 aromatic heterocycles. The van der Waals surface area contributed by atoms with Gasteiger partial charge in [0.1, 0.15) is 5.75 Å². The summed E-state index contributed by atoms with van der Waals surface area (Å²) in [7, 11) is 0. The summed E-state index contributed by atoms with van der Waals surface area (Å²) in [5.74, 6) is 2.43. The standard InChI is InChI=1S/C17H25NO/c18-16(13-6-2-1-3-7-13)12-14-10-11-19-17-9-5-4-8-15(14)17/h4-5,8-9,13-14,16H,1-3,6-7,10-12,18H2. The van der Waals surface area contributed by atoms with E-state index in [-0.39, 0.29) is 0 Å². The molecular formula is C17H25NO. The third-order valence-corrected chi connectivity index (χ3v) is 4.89. The third kappa shape index (κ3) is 2.94. The van der Waals surface area contributed by atoms with Crippen molar-refractivity contribution >= 4 is 0 Å². The predicted octanol–water partition coefficient (Wildman–Crippen LogP) is 3.85. The smallest absolute Gasteiger partial charge is 0.122 e. The molecule has 1 heterocycles. The highest BCUT2D eigenvalue weighted by atomic mass is 16.5. The molecule has 2 N–H and O–H groups in total. The Morgan fingerprint density at radius 1 is 1.11 bits per heavy atom. The monoisotopic (exact) mass is 259 g/mol. The van der Waals surface area contributed by atoms with Crippen molar-refractivity contribution in [3.8, 4) is 5.75 Å². The molecule has 2 atom stereocenters. The van der Waals surface area contributed by atoms with Crippen molar-refractivity contribution in [3.63, 3.8) is 0 Å². The molecule has 2 aliphatic rings. The van der Waals surface area contributed by atoms with Gasteiger partial charge in [0.15, 0.2) is 0 Å². The molecule has 2 heteroatoms. The van der Waals surface area contributed by atoms with E-state index < -0.39 is 0 Å². The maximum atomic E-state index is 6.50. The van der Waals surface area contributed by atoms with Gasteiger partial charge in [-0.05, 0) is 49.1 Å². The molecule has 1 aromatic carbocycles. The second-order valence-corrected chi connectivity index (χ2v) is 6.17. The molecule has 1 aliphatic carbocycles. The molecule has 2 nitrogen and oxygen atoms in total. The molecule has 2 unspecified atom stereocenters. The van der Waals surface area contributed by atoms with Gasteiger partial charge in [-0.15, -0.1) is 0 Å². The van der Waals surface area contributed by atoms with Crippen molar-refractivity contribution < 1.29 is 4.74 Å². The lowest BCUT2D eigenvalue weighted by molar-refractivity contribution is 0.236. The Morgan fingerprint density at radius 3 is 2.74 bits per heavy atom. The van der Waals surface area contributed by atoms with Gasteiger partial charge in [-0.3, -0.25) is 0 Å². The summed E-state index contributed by atoms with van der Waals surface area (Å²) in [4.78, 5) is 0. The van der Waals surface area contributed by atoms with E-state index >= 15 is 0 Å². The Kier molecular flexibility index (Phi) is 4.07. The van der Waals surface area contributed by atoms with E-state index in [0.717, 1.165) is 31.1 Å². The van der Waals surface area contributed by atoms with E-state index in [2.05, 4.69) is 24.3 Å². The van der Waals surface area contributed by atoms with Crippen LogP contribution >= 0.6 is 0 Å². The van der Waals surface area contributed by atoms with E-state index in [0.29, 0.717) is 12.0 Å². The first-order valence-corrected chi connectivity index (χ1v) is 7.82. The highest BCUT2D eigenvalue weighted by molar-refractivity contribution is 5.37. The van der Waals surface area contributed by atoms with Gasteiger partial charge in [0, 0.05) is 6.04 Å². The molecular weight excluding hydrogens is 234 g/mol. The predicted molar refractivity (Wildman–Crippen MR) is 78.5 cm³/mol. The first-order chi connectivity index (χ1) is 9.34. The van der Waals surface area contributed by atoms with Gasteiger partial charge < -0.3 is 10.5 Å². The average Bonchev–Trinajstić information content (AvgIpc) is 2.48. The van der Waals surface area contributed by atoms with Gasteiger partial charge in [0.05, 0.1) is 6.61 Å². The molecule has 19 heavy (non-hydrogen) atoms. The lowest BCUT2D eigenvalue weighted by Gasteiger charge is -2.32. The van der Waals surface area contributed by atoms with E-state index in [1.807, 2.05) is 0 Å². The van der Waals surface area contributed by atoms with Crippen molar-refractivity contribution in [3.05, 3.63) is 29.8 Å². The molecule has 0 bridgehead atoms. The zero-order chi connectivity index (χ0) is 13.1. The van der Waals surface area contributed by atoms with E-state index in [1.54, 1.807) is 0 Å². The van der Waals surface area contributed by atoms with Crippen LogP contribution in [0.4, 0.5) is 0 Å². The zero-order valence-electron chi connectivity index (χ0n) is 11.7. The SMILES string of the molecule is NC(CC1CCOc2ccccc21)C1CCCCC1. The first-order valence-electron chi connectivity index (χ1n) is 7.82. The van der Waals surface area contributed by atoms with Crippen LogP contribution in [-0.2, 0) is 0 Å². The maximum absolute atomic E-state index is 6.50. The Bertz CT molecular complexity index is 411. The molecule has 104 valence electrons. The normalized spacial score (nSPS) is 25.4. The number of fused-ring (bicyclic) bond motifs is 1. The Labute approximate surface area is 116 Å². The first kappa shape index (κ1) is 13.0. The van der Waals surface area contributed by atoms with E-state index in [9.17, 15) is 0 Å². The molecule has 0 saturated heterocycles. The third-order valence-electron chi connectivity index (χ3n) is 4.89. The van der Waals surface area contributed by atoms with Gasteiger partial charge in [0.2, 0.25) is 0 Å². The number of ether oxygens (including phenoxy) is 1. The summed E-state index contributed by atoms with van der Waals surface area (Å²) in [6.45, 7) is 0.846. The van der Waals surface area contributed by atoms with Crippen molar-refractivity contribution in [2.45, 2.75) is 56.9 Å². The average molecular weight is 259 g/mol. The molecule has 1 fully saturated rings. The lowest BCUT2D eigenvalue weighted by Crippen LogP contribution is -2.34. The zero-order valence-corrected chi connectivity index (χ0v) is 11.7. The highest BCUT2D eigenvalue weighted by Crippen LogP contribution is 2.38. The Hall–Kier alpha value is -1.02. The maximum Gasteiger partial charge on any atom is 0.122 e.